The number of nitrogens with one attached hydrogen (secondary N) is 1. The Morgan fingerprint density at radius 3 is 2.88 bits per heavy atom. The Morgan fingerprint density at radius 2 is 2.12 bits per heavy atom. The molecule has 2 heterocycles. The second-order valence-corrected chi connectivity index (χ2v) is 7.44. The smallest absolute Gasteiger partial charge is 0.242 e. The van der Waals surface area contributed by atoms with E-state index in [1.54, 1.807) is 16.2 Å². The number of aryl methyl sites for hydroxylation is 1. The quantitative estimate of drug-likeness (QED) is 0.761. The lowest BCUT2D eigenvalue weighted by Crippen LogP contribution is -2.47. The predicted octanol–water partition coefficient (Wildman–Crippen LogP) is 2.79. The molecule has 5 nitrogen and oxygen atoms in total. The van der Waals surface area contributed by atoms with Crippen molar-refractivity contribution in [1.82, 2.24) is 10.2 Å². The standard InChI is InChI=1S/C20H24N2O3S/c1-15-6-2-3-9-18(15)25-12-10-21-20(24)17-8-4-11-22(17)19(23)14-16-7-5-13-26-16/h2-3,5-7,9,13,17H,4,8,10-12,14H2,1H3,(H,21,24). The molecule has 1 aliphatic rings. The van der Waals surface area contributed by atoms with Crippen LogP contribution in [0.2, 0.25) is 0 Å². The van der Waals surface area contributed by atoms with Crippen molar-refractivity contribution in [3.63, 3.8) is 0 Å². The van der Waals surface area contributed by atoms with Gasteiger partial charge in [-0.1, -0.05) is 24.3 Å². The van der Waals surface area contributed by atoms with E-state index in [0.29, 0.717) is 26.1 Å². The Morgan fingerprint density at radius 1 is 1.27 bits per heavy atom. The van der Waals surface area contributed by atoms with Gasteiger partial charge < -0.3 is 15.0 Å². The van der Waals surface area contributed by atoms with Gasteiger partial charge in [-0.3, -0.25) is 9.59 Å². The van der Waals surface area contributed by atoms with E-state index < -0.39 is 0 Å². The molecule has 0 spiro atoms. The molecule has 1 unspecified atom stereocenters. The van der Waals surface area contributed by atoms with Crippen LogP contribution in [0.15, 0.2) is 41.8 Å². The number of nitrogens with zero attached hydrogens (tertiary/aromatic N) is 1. The maximum Gasteiger partial charge on any atom is 0.242 e. The summed E-state index contributed by atoms with van der Waals surface area (Å²) >= 11 is 1.57. The lowest BCUT2D eigenvalue weighted by molar-refractivity contribution is -0.137. The third-order valence-corrected chi connectivity index (χ3v) is 5.41. The second kappa shape index (κ2) is 8.85. The number of carbonyl (C=O) groups is 2. The number of para-hydroxylation sites is 1. The lowest BCUT2D eigenvalue weighted by atomic mass is 10.2. The minimum Gasteiger partial charge on any atom is -0.491 e. The van der Waals surface area contributed by atoms with Gasteiger partial charge >= 0.3 is 0 Å². The molecule has 0 saturated carbocycles. The number of rotatable bonds is 7. The molecule has 3 rings (SSSR count). The minimum absolute atomic E-state index is 0.0289. The van der Waals surface area contributed by atoms with Crippen molar-refractivity contribution < 1.29 is 14.3 Å². The normalized spacial score (nSPS) is 16.5. The van der Waals surface area contributed by atoms with E-state index in [2.05, 4.69) is 5.32 Å². The highest BCUT2D eigenvalue weighted by Crippen LogP contribution is 2.20. The van der Waals surface area contributed by atoms with Crippen molar-refractivity contribution in [2.24, 2.45) is 0 Å². The van der Waals surface area contributed by atoms with Crippen molar-refractivity contribution >= 4 is 23.2 Å². The highest BCUT2D eigenvalue weighted by Gasteiger charge is 2.33. The maximum atomic E-state index is 12.5. The molecule has 26 heavy (non-hydrogen) atoms. The van der Waals surface area contributed by atoms with Gasteiger partial charge in [-0.15, -0.1) is 11.3 Å². The molecule has 0 radical (unpaired) electrons. The van der Waals surface area contributed by atoms with Gasteiger partial charge in [0.15, 0.2) is 0 Å². The Kier molecular flexibility index (Phi) is 6.28. The molecule has 0 bridgehead atoms. The molecule has 1 fully saturated rings. The van der Waals surface area contributed by atoms with Gasteiger partial charge in [0.1, 0.15) is 18.4 Å². The summed E-state index contributed by atoms with van der Waals surface area (Å²) in [6.45, 7) is 3.48. The van der Waals surface area contributed by atoms with Crippen molar-refractivity contribution in [1.29, 1.82) is 0 Å². The number of amides is 2. The number of hydrogen-bond acceptors (Lipinski definition) is 4. The summed E-state index contributed by atoms with van der Waals surface area (Å²) in [4.78, 5) is 27.7. The van der Waals surface area contributed by atoms with E-state index in [1.807, 2.05) is 48.7 Å². The highest BCUT2D eigenvalue weighted by molar-refractivity contribution is 7.10. The van der Waals surface area contributed by atoms with Crippen LogP contribution in [0.1, 0.15) is 23.3 Å². The molecule has 2 amide bonds. The third kappa shape index (κ3) is 4.64. The first-order valence-corrected chi connectivity index (χ1v) is 9.81. The van der Waals surface area contributed by atoms with Gasteiger partial charge in [-0.05, 0) is 42.8 Å². The molecule has 1 atom stereocenters. The van der Waals surface area contributed by atoms with Gasteiger partial charge in [0.25, 0.3) is 0 Å². The molecule has 1 N–H and O–H groups in total. The van der Waals surface area contributed by atoms with Crippen molar-refractivity contribution in [2.45, 2.75) is 32.2 Å². The first kappa shape index (κ1) is 18.5. The first-order valence-electron chi connectivity index (χ1n) is 8.93. The van der Waals surface area contributed by atoms with E-state index in [9.17, 15) is 9.59 Å². The number of benzene rings is 1. The zero-order chi connectivity index (χ0) is 18.4. The largest absolute Gasteiger partial charge is 0.491 e. The zero-order valence-corrected chi connectivity index (χ0v) is 15.8. The molecule has 1 saturated heterocycles. The molecule has 0 aliphatic carbocycles. The van der Waals surface area contributed by atoms with Gasteiger partial charge in [0, 0.05) is 11.4 Å². The average Bonchev–Trinajstić information content (AvgIpc) is 3.31. The van der Waals surface area contributed by atoms with E-state index in [-0.39, 0.29) is 17.9 Å². The zero-order valence-electron chi connectivity index (χ0n) is 14.9. The van der Waals surface area contributed by atoms with Crippen LogP contribution in [0.25, 0.3) is 0 Å². The van der Waals surface area contributed by atoms with Crippen molar-refractivity contribution in [3.8, 4) is 5.75 Å². The summed E-state index contributed by atoms with van der Waals surface area (Å²) < 4.78 is 5.70. The molecule has 1 aromatic carbocycles. The Balaban J connectivity index is 1.46. The molecule has 2 aromatic rings. The lowest BCUT2D eigenvalue weighted by Gasteiger charge is -2.24. The molecular weight excluding hydrogens is 348 g/mol. The minimum atomic E-state index is -0.360. The number of hydrogen-bond donors (Lipinski definition) is 1. The molecular formula is C20H24N2O3S. The van der Waals surface area contributed by atoms with Crippen LogP contribution in [-0.4, -0.2) is 42.5 Å². The molecule has 6 heteroatoms. The topological polar surface area (TPSA) is 58.6 Å². The Bertz CT molecular complexity index is 745. The fourth-order valence-electron chi connectivity index (χ4n) is 3.17. The van der Waals surface area contributed by atoms with Crippen LogP contribution >= 0.6 is 11.3 Å². The predicted molar refractivity (Wildman–Crippen MR) is 102 cm³/mol. The summed E-state index contributed by atoms with van der Waals surface area (Å²) in [6.07, 6.45) is 1.96. The van der Waals surface area contributed by atoms with Crippen molar-refractivity contribution in [2.75, 3.05) is 19.7 Å². The second-order valence-electron chi connectivity index (χ2n) is 6.41. The summed E-state index contributed by atoms with van der Waals surface area (Å²) in [5.41, 5.74) is 1.07. The molecule has 138 valence electrons. The fourth-order valence-corrected chi connectivity index (χ4v) is 3.87. The third-order valence-electron chi connectivity index (χ3n) is 4.53. The summed E-state index contributed by atoms with van der Waals surface area (Å²) in [6, 6.07) is 11.3. The SMILES string of the molecule is Cc1ccccc1OCCNC(=O)C1CCCN1C(=O)Cc1cccs1. The highest BCUT2D eigenvalue weighted by atomic mass is 32.1. The first-order chi connectivity index (χ1) is 12.6. The average molecular weight is 372 g/mol. The summed E-state index contributed by atoms with van der Waals surface area (Å²) in [7, 11) is 0. The molecule has 1 aliphatic heterocycles. The number of carbonyl (C=O) groups excluding carboxylic acids is 2. The summed E-state index contributed by atoms with van der Waals surface area (Å²) in [5, 5.41) is 4.87. The van der Waals surface area contributed by atoms with Crippen LogP contribution in [0, 0.1) is 6.92 Å². The van der Waals surface area contributed by atoms with Gasteiger partial charge in [0.05, 0.1) is 13.0 Å². The monoisotopic (exact) mass is 372 g/mol. The van der Waals surface area contributed by atoms with Crippen LogP contribution in [0.4, 0.5) is 0 Å². The van der Waals surface area contributed by atoms with Gasteiger partial charge in [-0.2, -0.15) is 0 Å². The van der Waals surface area contributed by atoms with Crippen LogP contribution in [0.3, 0.4) is 0 Å². The van der Waals surface area contributed by atoms with Gasteiger partial charge in [-0.25, -0.2) is 0 Å². The fraction of sp³-hybridized carbons (Fsp3) is 0.400. The van der Waals surface area contributed by atoms with E-state index in [0.717, 1.165) is 29.0 Å². The number of likely N-dealkylation sites (tertiary alicyclic amines) is 1. The van der Waals surface area contributed by atoms with Gasteiger partial charge in [0.2, 0.25) is 11.8 Å². The Hall–Kier alpha value is -2.34. The van der Waals surface area contributed by atoms with E-state index in [1.165, 1.54) is 0 Å². The van der Waals surface area contributed by atoms with E-state index >= 15 is 0 Å². The number of ether oxygens (including phenoxy) is 1. The Labute approximate surface area is 158 Å². The van der Waals surface area contributed by atoms with Crippen LogP contribution < -0.4 is 10.1 Å². The summed E-state index contributed by atoms with van der Waals surface area (Å²) in [5.74, 6) is 0.770. The van der Waals surface area contributed by atoms with Crippen LogP contribution in [0.5, 0.6) is 5.75 Å². The van der Waals surface area contributed by atoms with E-state index in [4.69, 9.17) is 4.74 Å². The molecule has 1 aromatic heterocycles. The maximum absolute atomic E-state index is 12.5. The number of thiophene rings is 1. The van der Waals surface area contributed by atoms with Crippen molar-refractivity contribution in [3.05, 3.63) is 52.2 Å². The van der Waals surface area contributed by atoms with Crippen LogP contribution in [-0.2, 0) is 16.0 Å².